The summed E-state index contributed by atoms with van der Waals surface area (Å²) >= 11 is 5.38. The van der Waals surface area contributed by atoms with Gasteiger partial charge < -0.3 is 9.40 Å². The number of furan rings is 1. The minimum Gasteiger partial charge on any atom is -0.451 e. The van der Waals surface area contributed by atoms with Gasteiger partial charge in [0.05, 0.1) is 16.6 Å². The Labute approximate surface area is 197 Å². The second kappa shape index (κ2) is 8.45. The lowest BCUT2D eigenvalue weighted by Crippen LogP contribution is -2.41. The molecule has 2 amide bonds. The van der Waals surface area contributed by atoms with Gasteiger partial charge in [-0.05, 0) is 55.5 Å². The molecule has 0 aliphatic rings. The second-order valence-electron chi connectivity index (χ2n) is 7.63. The molecule has 0 radical (unpaired) electrons. The van der Waals surface area contributed by atoms with Gasteiger partial charge in [0.15, 0.2) is 10.5 Å². The lowest BCUT2D eigenvalue weighted by atomic mass is 10.1. The maximum Gasteiger partial charge on any atom is 0.305 e. The number of hydrogen-bond acceptors (Lipinski definition) is 5. The summed E-state index contributed by atoms with van der Waals surface area (Å²) in [4.78, 5) is 41.2. The third kappa shape index (κ3) is 3.67. The molecule has 8 nitrogen and oxygen atoms in total. The molecule has 9 heteroatoms. The molecule has 0 saturated heterocycles. The van der Waals surface area contributed by atoms with Crippen LogP contribution in [0.15, 0.2) is 82.0 Å². The minimum absolute atomic E-state index is 0.116. The summed E-state index contributed by atoms with van der Waals surface area (Å²) in [5, 5.41) is 1.20. The highest BCUT2D eigenvalue weighted by atomic mass is 32.1. The summed E-state index contributed by atoms with van der Waals surface area (Å²) in [6, 6.07) is 20.9. The average Bonchev–Trinajstić information content (AvgIpc) is 3.19. The predicted octanol–water partition coefficient (Wildman–Crippen LogP) is 4.18. The third-order valence-electron chi connectivity index (χ3n) is 5.51. The van der Waals surface area contributed by atoms with Crippen LogP contribution in [0.25, 0.3) is 27.6 Å². The van der Waals surface area contributed by atoms with Crippen molar-refractivity contribution in [3.8, 4) is 5.69 Å². The highest BCUT2D eigenvalue weighted by Gasteiger charge is 2.18. The number of carbonyl (C=O) groups is 2. The number of amides is 2. The number of H-pyrrole nitrogens is 1. The number of nitrogens with zero attached hydrogens (tertiary/aromatic N) is 1. The largest absolute Gasteiger partial charge is 0.451 e. The van der Waals surface area contributed by atoms with Crippen LogP contribution in [0.3, 0.4) is 0 Å². The van der Waals surface area contributed by atoms with E-state index in [1.807, 2.05) is 36.4 Å². The van der Waals surface area contributed by atoms with Gasteiger partial charge in [0.1, 0.15) is 5.58 Å². The van der Waals surface area contributed by atoms with Crippen molar-refractivity contribution < 1.29 is 14.0 Å². The number of benzene rings is 3. The number of hydrazine groups is 1. The number of hydrogen-bond donors (Lipinski definition) is 3. The normalized spacial score (nSPS) is 11.0. The molecule has 0 aliphatic carbocycles. The SMILES string of the molecule is Cc1c(C(=O)NNC(=O)c2ccc3c(=O)n(-c4ccccc4)c(=S)[nH]c3c2)oc2ccccc12. The Bertz CT molecular complexity index is 1700. The number of fused-ring (bicyclic) bond motifs is 2. The van der Waals surface area contributed by atoms with Crippen LogP contribution >= 0.6 is 12.2 Å². The maximum absolute atomic E-state index is 13.0. The van der Waals surface area contributed by atoms with Gasteiger partial charge in [0, 0.05) is 16.5 Å². The zero-order valence-electron chi connectivity index (χ0n) is 17.9. The smallest absolute Gasteiger partial charge is 0.305 e. The van der Waals surface area contributed by atoms with E-state index in [1.54, 1.807) is 31.2 Å². The first kappa shape index (κ1) is 21.4. The van der Waals surface area contributed by atoms with Crippen LogP contribution in [-0.2, 0) is 0 Å². The Morgan fingerprint density at radius 1 is 0.912 bits per heavy atom. The van der Waals surface area contributed by atoms with Crippen molar-refractivity contribution >= 4 is 45.9 Å². The van der Waals surface area contributed by atoms with Gasteiger partial charge in [-0.2, -0.15) is 0 Å². The van der Waals surface area contributed by atoms with Gasteiger partial charge >= 0.3 is 5.91 Å². The summed E-state index contributed by atoms with van der Waals surface area (Å²) in [5.74, 6) is -1.02. The summed E-state index contributed by atoms with van der Waals surface area (Å²) in [5.41, 5.74) is 7.00. The quantitative estimate of drug-likeness (QED) is 0.271. The first-order chi connectivity index (χ1) is 16.4. The van der Waals surface area contributed by atoms with Crippen molar-refractivity contribution in [2.45, 2.75) is 6.92 Å². The van der Waals surface area contributed by atoms with E-state index in [2.05, 4.69) is 15.8 Å². The molecular formula is C25H18N4O4S. The molecule has 2 aromatic heterocycles. The first-order valence-corrected chi connectivity index (χ1v) is 10.8. The molecule has 0 fully saturated rings. The van der Waals surface area contributed by atoms with E-state index in [0.29, 0.717) is 27.7 Å². The standard InChI is InChI=1S/C25H18N4O4S/c1-14-17-9-5-6-10-20(17)33-21(14)23(31)28-27-22(30)15-11-12-18-19(13-15)26-25(34)29(24(18)32)16-7-3-2-4-8-16/h2-13H,1H3,(H,26,34)(H,27,30)(H,28,31). The summed E-state index contributed by atoms with van der Waals surface area (Å²) in [6.45, 7) is 1.77. The fourth-order valence-corrected chi connectivity index (χ4v) is 4.10. The lowest BCUT2D eigenvalue weighted by molar-refractivity contribution is 0.0831. The number of aromatic nitrogens is 2. The highest BCUT2D eigenvalue weighted by molar-refractivity contribution is 7.71. The minimum atomic E-state index is -0.576. The topological polar surface area (TPSA) is 109 Å². The van der Waals surface area contributed by atoms with Crippen molar-refractivity contribution in [3.63, 3.8) is 0 Å². The zero-order valence-corrected chi connectivity index (χ0v) is 18.7. The van der Waals surface area contributed by atoms with Crippen LogP contribution in [0, 0.1) is 11.7 Å². The molecule has 2 heterocycles. The van der Waals surface area contributed by atoms with E-state index >= 15 is 0 Å². The molecule has 0 aliphatic heterocycles. The summed E-state index contributed by atoms with van der Waals surface area (Å²) < 4.78 is 7.21. The molecule has 5 rings (SSSR count). The molecule has 5 aromatic rings. The fourth-order valence-electron chi connectivity index (χ4n) is 3.80. The average molecular weight is 471 g/mol. The molecule has 3 N–H and O–H groups in total. The molecule has 0 unspecified atom stereocenters. The van der Waals surface area contributed by atoms with Crippen molar-refractivity contribution in [1.82, 2.24) is 20.4 Å². The number of aromatic amines is 1. The molecule has 0 bridgehead atoms. The van der Waals surface area contributed by atoms with Crippen LogP contribution in [0.5, 0.6) is 0 Å². The molecular weight excluding hydrogens is 452 g/mol. The monoisotopic (exact) mass is 470 g/mol. The zero-order chi connectivity index (χ0) is 23.8. The Kier molecular flexibility index (Phi) is 5.31. The van der Waals surface area contributed by atoms with Crippen molar-refractivity contribution in [2.24, 2.45) is 0 Å². The van der Waals surface area contributed by atoms with E-state index in [0.717, 1.165) is 5.39 Å². The molecule has 0 atom stereocenters. The molecule has 168 valence electrons. The van der Waals surface area contributed by atoms with Crippen molar-refractivity contribution in [2.75, 3.05) is 0 Å². The maximum atomic E-state index is 13.0. The van der Waals surface area contributed by atoms with Crippen molar-refractivity contribution in [1.29, 1.82) is 0 Å². The number of carbonyl (C=O) groups excluding carboxylic acids is 2. The van der Waals surface area contributed by atoms with Crippen LogP contribution in [0.4, 0.5) is 0 Å². The van der Waals surface area contributed by atoms with Gasteiger partial charge in [0.2, 0.25) is 0 Å². The van der Waals surface area contributed by atoms with Gasteiger partial charge in [-0.25, -0.2) is 0 Å². The van der Waals surface area contributed by atoms with Crippen LogP contribution in [0.1, 0.15) is 26.5 Å². The first-order valence-electron chi connectivity index (χ1n) is 10.4. The van der Waals surface area contributed by atoms with Crippen molar-refractivity contribution in [3.05, 3.63) is 105 Å². The van der Waals surface area contributed by atoms with E-state index < -0.39 is 11.8 Å². The summed E-state index contributed by atoms with van der Waals surface area (Å²) in [7, 11) is 0. The Hall–Kier alpha value is -4.50. The Morgan fingerprint density at radius 3 is 2.38 bits per heavy atom. The Morgan fingerprint density at radius 2 is 1.62 bits per heavy atom. The van der Waals surface area contributed by atoms with Crippen LogP contribution in [-0.4, -0.2) is 21.4 Å². The van der Waals surface area contributed by atoms with Gasteiger partial charge in [0.25, 0.3) is 11.5 Å². The second-order valence-corrected chi connectivity index (χ2v) is 8.01. The number of nitrogens with one attached hydrogen (secondary N) is 3. The summed E-state index contributed by atoms with van der Waals surface area (Å²) in [6.07, 6.45) is 0. The van der Waals surface area contributed by atoms with E-state index in [9.17, 15) is 14.4 Å². The Balaban J connectivity index is 1.39. The van der Waals surface area contributed by atoms with E-state index in [4.69, 9.17) is 16.6 Å². The molecule has 34 heavy (non-hydrogen) atoms. The molecule has 0 saturated carbocycles. The number of para-hydroxylation sites is 2. The van der Waals surface area contributed by atoms with Gasteiger partial charge in [-0.15, -0.1) is 0 Å². The lowest BCUT2D eigenvalue weighted by Gasteiger charge is -2.10. The fraction of sp³-hybridized carbons (Fsp3) is 0.0400. The van der Waals surface area contributed by atoms with Gasteiger partial charge in [-0.3, -0.25) is 29.8 Å². The molecule has 0 spiro atoms. The predicted molar refractivity (Wildman–Crippen MR) is 131 cm³/mol. The third-order valence-corrected chi connectivity index (χ3v) is 5.80. The molecule has 3 aromatic carbocycles. The number of aryl methyl sites for hydroxylation is 1. The van der Waals surface area contributed by atoms with Crippen LogP contribution in [0.2, 0.25) is 0 Å². The highest BCUT2D eigenvalue weighted by Crippen LogP contribution is 2.24. The van der Waals surface area contributed by atoms with Crippen LogP contribution < -0.4 is 16.4 Å². The van der Waals surface area contributed by atoms with Gasteiger partial charge in [-0.1, -0.05) is 36.4 Å². The number of rotatable bonds is 3. The van der Waals surface area contributed by atoms with E-state index in [-0.39, 0.29) is 21.7 Å². The van der Waals surface area contributed by atoms with E-state index in [1.165, 1.54) is 16.7 Å².